The zero-order chi connectivity index (χ0) is 25.0. The number of aryl methyl sites for hydroxylation is 1. The molecular formula is C26H26N4O5. The lowest BCUT2D eigenvalue weighted by atomic mass is 10.1. The molecule has 180 valence electrons. The molecule has 0 aliphatic heterocycles. The largest absolute Gasteiger partial charge is 0.497 e. The van der Waals surface area contributed by atoms with Crippen LogP contribution in [-0.4, -0.2) is 37.7 Å². The number of para-hydroxylation sites is 1. The number of hydrogen-bond acceptors (Lipinski definition) is 6. The Balaban J connectivity index is 1.43. The van der Waals surface area contributed by atoms with E-state index in [1.165, 1.54) is 6.21 Å². The van der Waals surface area contributed by atoms with Crippen molar-refractivity contribution in [1.82, 2.24) is 5.43 Å². The first kappa shape index (κ1) is 25.0. The number of methoxy groups -OCH3 is 1. The Labute approximate surface area is 203 Å². The first-order chi connectivity index (χ1) is 17.0. The van der Waals surface area contributed by atoms with Crippen LogP contribution < -0.4 is 25.5 Å². The zero-order valence-electron chi connectivity index (χ0n) is 19.4. The van der Waals surface area contributed by atoms with Crippen LogP contribution in [0.5, 0.6) is 11.5 Å². The van der Waals surface area contributed by atoms with Crippen molar-refractivity contribution >= 4 is 35.3 Å². The highest BCUT2D eigenvalue weighted by Gasteiger charge is 2.14. The maximum Gasteiger partial charge on any atom is 0.329 e. The van der Waals surface area contributed by atoms with Gasteiger partial charge >= 0.3 is 11.8 Å². The SMILES string of the molecule is CCc1ccccc1NC(=O)C(=O)N/N=C\c1ccc(OCC(=O)Nc2ccc(OC)cc2)cc1. The molecule has 0 radical (unpaired) electrons. The van der Waals surface area contributed by atoms with Crippen molar-refractivity contribution in [3.8, 4) is 11.5 Å². The Morgan fingerprint density at radius 1 is 0.857 bits per heavy atom. The molecule has 0 unspecified atom stereocenters. The summed E-state index contributed by atoms with van der Waals surface area (Å²) in [6.07, 6.45) is 2.12. The van der Waals surface area contributed by atoms with Crippen LogP contribution in [0, 0.1) is 0 Å². The van der Waals surface area contributed by atoms with Gasteiger partial charge in [0.05, 0.1) is 13.3 Å². The number of rotatable bonds is 9. The summed E-state index contributed by atoms with van der Waals surface area (Å²) in [5.41, 5.74) is 5.02. The molecule has 3 aromatic rings. The first-order valence-corrected chi connectivity index (χ1v) is 10.9. The molecular weight excluding hydrogens is 448 g/mol. The molecule has 0 aliphatic rings. The van der Waals surface area contributed by atoms with Crippen LogP contribution in [0.1, 0.15) is 18.1 Å². The summed E-state index contributed by atoms with van der Waals surface area (Å²) in [6, 6.07) is 21.0. The summed E-state index contributed by atoms with van der Waals surface area (Å²) in [5.74, 6) is -0.799. The van der Waals surface area contributed by atoms with Crippen LogP contribution in [0.4, 0.5) is 11.4 Å². The number of carbonyl (C=O) groups excluding carboxylic acids is 3. The molecule has 35 heavy (non-hydrogen) atoms. The fourth-order valence-electron chi connectivity index (χ4n) is 3.02. The number of nitrogens with one attached hydrogen (secondary N) is 3. The molecule has 0 heterocycles. The molecule has 9 nitrogen and oxygen atoms in total. The fourth-order valence-corrected chi connectivity index (χ4v) is 3.02. The predicted molar refractivity (Wildman–Crippen MR) is 134 cm³/mol. The smallest absolute Gasteiger partial charge is 0.329 e. The molecule has 0 fully saturated rings. The highest BCUT2D eigenvalue weighted by Crippen LogP contribution is 2.16. The van der Waals surface area contributed by atoms with E-state index >= 15 is 0 Å². The minimum atomic E-state index is -0.880. The third-order valence-electron chi connectivity index (χ3n) is 4.86. The van der Waals surface area contributed by atoms with Gasteiger partial charge in [-0.2, -0.15) is 5.10 Å². The quantitative estimate of drug-likeness (QED) is 0.250. The highest BCUT2D eigenvalue weighted by molar-refractivity contribution is 6.39. The van der Waals surface area contributed by atoms with Gasteiger partial charge in [0.1, 0.15) is 11.5 Å². The van der Waals surface area contributed by atoms with Gasteiger partial charge in [0, 0.05) is 11.4 Å². The number of hydrazone groups is 1. The Morgan fingerprint density at radius 2 is 1.54 bits per heavy atom. The van der Waals surface area contributed by atoms with Crippen molar-refractivity contribution in [3.05, 3.63) is 83.9 Å². The van der Waals surface area contributed by atoms with Gasteiger partial charge in [-0.1, -0.05) is 25.1 Å². The van der Waals surface area contributed by atoms with Gasteiger partial charge in [0.25, 0.3) is 5.91 Å². The van der Waals surface area contributed by atoms with Crippen molar-refractivity contribution in [2.75, 3.05) is 24.4 Å². The summed E-state index contributed by atoms with van der Waals surface area (Å²) < 4.78 is 10.6. The van der Waals surface area contributed by atoms with E-state index in [1.54, 1.807) is 67.8 Å². The number of anilines is 2. The van der Waals surface area contributed by atoms with E-state index in [4.69, 9.17) is 9.47 Å². The number of ether oxygens (including phenoxy) is 2. The van der Waals surface area contributed by atoms with Crippen LogP contribution in [0.15, 0.2) is 77.9 Å². The van der Waals surface area contributed by atoms with Crippen molar-refractivity contribution in [1.29, 1.82) is 0 Å². The van der Waals surface area contributed by atoms with E-state index in [0.29, 0.717) is 28.4 Å². The Bertz CT molecular complexity index is 1190. The third-order valence-corrected chi connectivity index (χ3v) is 4.86. The maximum absolute atomic E-state index is 12.1. The molecule has 3 amide bonds. The van der Waals surface area contributed by atoms with Crippen molar-refractivity contribution in [2.45, 2.75) is 13.3 Å². The van der Waals surface area contributed by atoms with E-state index in [1.807, 2.05) is 19.1 Å². The lowest BCUT2D eigenvalue weighted by Gasteiger charge is -2.08. The predicted octanol–water partition coefficient (Wildman–Crippen LogP) is 3.36. The molecule has 3 aromatic carbocycles. The molecule has 0 bridgehead atoms. The maximum atomic E-state index is 12.1. The monoisotopic (exact) mass is 474 g/mol. The molecule has 9 heteroatoms. The van der Waals surface area contributed by atoms with Crippen LogP contribution >= 0.6 is 0 Å². The van der Waals surface area contributed by atoms with Crippen molar-refractivity contribution < 1.29 is 23.9 Å². The molecule has 0 atom stereocenters. The number of amides is 3. The number of nitrogens with zero attached hydrogens (tertiary/aromatic N) is 1. The molecule has 0 aliphatic carbocycles. The average molecular weight is 475 g/mol. The molecule has 0 saturated carbocycles. The van der Waals surface area contributed by atoms with Gasteiger partial charge < -0.3 is 20.1 Å². The minimum Gasteiger partial charge on any atom is -0.497 e. The molecule has 3 rings (SSSR count). The topological polar surface area (TPSA) is 118 Å². The Morgan fingerprint density at radius 3 is 2.23 bits per heavy atom. The van der Waals surface area contributed by atoms with E-state index < -0.39 is 11.8 Å². The van der Waals surface area contributed by atoms with Gasteiger partial charge in [0.15, 0.2) is 6.61 Å². The van der Waals surface area contributed by atoms with E-state index in [2.05, 4.69) is 21.2 Å². The first-order valence-electron chi connectivity index (χ1n) is 10.9. The standard InChI is InChI=1S/C26H26N4O5/c1-3-19-6-4-5-7-23(19)29-25(32)26(33)30-27-16-18-8-12-22(13-9-18)35-17-24(31)28-20-10-14-21(34-2)15-11-20/h4-16H,3,17H2,1-2H3,(H,28,31)(H,29,32)(H,30,33)/b27-16-. The van der Waals surface area contributed by atoms with Gasteiger partial charge in [-0.05, 0) is 72.1 Å². The molecule has 0 saturated heterocycles. The van der Waals surface area contributed by atoms with E-state index in [9.17, 15) is 14.4 Å². The fraction of sp³-hybridized carbons (Fsp3) is 0.154. The molecule has 3 N–H and O–H groups in total. The number of benzene rings is 3. The minimum absolute atomic E-state index is 0.161. The van der Waals surface area contributed by atoms with Crippen LogP contribution in [0.2, 0.25) is 0 Å². The molecule has 0 spiro atoms. The number of carbonyl (C=O) groups is 3. The van der Waals surface area contributed by atoms with Gasteiger partial charge in [-0.25, -0.2) is 5.43 Å². The Hall–Kier alpha value is -4.66. The summed E-state index contributed by atoms with van der Waals surface area (Å²) in [5, 5.41) is 9.12. The third kappa shape index (κ3) is 7.71. The van der Waals surface area contributed by atoms with Gasteiger partial charge in [0.2, 0.25) is 0 Å². The van der Waals surface area contributed by atoms with E-state index in [-0.39, 0.29) is 12.5 Å². The summed E-state index contributed by atoms with van der Waals surface area (Å²) in [6.45, 7) is 1.80. The summed E-state index contributed by atoms with van der Waals surface area (Å²) in [7, 11) is 1.57. The van der Waals surface area contributed by atoms with Crippen LogP contribution in [0.3, 0.4) is 0 Å². The average Bonchev–Trinajstić information content (AvgIpc) is 2.89. The van der Waals surface area contributed by atoms with Gasteiger partial charge in [-0.3, -0.25) is 14.4 Å². The second-order valence-electron chi connectivity index (χ2n) is 7.30. The highest BCUT2D eigenvalue weighted by atomic mass is 16.5. The normalized spacial score (nSPS) is 10.5. The summed E-state index contributed by atoms with van der Waals surface area (Å²) in [4.78, 5) is 36.1. The van der Waals surface area contributed by atoms with Gasteiger partial charge in [-0.15, -0.1) is 0 Å². The van der Waals surface area contributed by atoms with E-state index in [0.717, 1.165) is 12.0 Å². The second kappa shape index (κ2) is 12.5. The molecule has 0 aromatic heterocycles. The lowest BCUT2D eigenvalue weighted by Crippen LogP contribution is -2.32. The van der Waals surface area contributed by atoms with Crippen LogP contribution in [0.25, 0.3) is 0 Å². The second-order valence-corrected chi connectivity index (χ2v) is 7.30. The summed E-state index contributed by atoms with van der Waals surface area (Å²) >= 11 is 0. The lowest BCUT2D eigenvalue weighted by molar-refractivity contribution is -0.136. The number of hydrogen-bond donors (Lipinski definition) is 3. The Kier molecular flexibility index (Phi) is 8.95. The van der Waals surface area contributed by atoms with Crippen molar-refractivity contribution in [3.63, 3.8) is 0 Å². The van der Waals surface area contributed by atoms with Crippen LogP contribution in [-0.2, 0) is 20.8 Å². The van der Waals surface area contributed by atoms with Crippen molar-refractivity contribution in [2.24, 2.45) is 5.10 Å². The zero-order valence-corrected chi connectivity index (χ0v) is 19.4.